The van der Waals surface area contributed by atoms with Crippen molar-refractivity contribution in [3.63, 3.8) is 0 Å². The number of allylic oxidation sites excluding steroid dienone is 4. The summed E-state index contributed by atoms with van der Waals surface area (Å²) in [5.41, 5.74) is 0. The van der Waals surface area contributed by atoms with Gasteiger partial charge in [0.05, 0.1) is 6.61 Å². The third kappa shape index (κ3) is 32.1. The molecule has 11 nitrogen and oxygen atoms in total. The summed E-state index contributed by atoms with van der Waals surface area (Å²) >= 11 is 0. The smallest absolute Gasteiger partial charge is 0.335 e. The Morgan fingerprint density at radius 2 is 0.918 bits per heavy atom. The monoisotopic (exact) mass is 867 g/mol. The van der Waals surface area contributed by atoms with Crippen molar-refractivity contribution in [2.45, 2.75) is 263 Å². The first-order valence-electron chi connectivity index (χ1n) is 24.9. The summed E-state index contributed by atoms with van der Waals surface area (Å²) in [5, 5.41) is 39.9. The van der Waals surface area contributed by atoms with E-state index in [2.05, 4.69) is 38.2 Å². The van der Waals surface area contributed by atoms with Crippen LogP contribution < -0.4 is 0 Å². The molecule has 0 aliphatic carbocycles. The van der Waals surface area contributed by atoms with Crippen LogP contribution in [-0.4, -0.2) is 88.4 Å². The van der Waals surface area contributed by atoms with Crippen LogP contribution in [0, 0.1) is 0 Å². The maximum absolute atomic E-state index is 12.8. The van der Waals surface area contributed by atoms with Crippen molar-refractivity contribution in [2.75, 3.05) is 13.2 Å². The molecule has 0 radical (unpaired) electrons. The van der Waals surface area contributed by atoms with E-state index in [0.717, 1.165) is 57.8 Å². The molecule has 4 N–H and O–H groups in total. The van der Waals surface area contributed by atoms with E-state index in [1.165, 1.54) is 128 Å². The van der Waals surface area contributed by atoms with Crippen molar-refractivity contribution < 1.29 is 53.8 Å². The molecule has 356 valence electrons. The van der Waals surface area contributed by atoms with Gasteiger partial charge in [-0.2, -0.15) is 0 Å². The third-order valence-corrected chi connectivity index (χ3v) is 11.6. The lowest BCUT2D eigenvalue weighted by Gasteiger charge is -2.38. The van der Waals surface area contributed by atoms with E-state index < -0.39 is 61.3 Å². The lowest BCUT2D eigenvalue weighted by Crippen LogP contribution is -2.60. The van der Waals surface area contributed by atoms with Gasteiger partial charge in [-0.3, -0.25) is 9.59 Å². The van der Waals surface area contributed by atoms with Crippen molar-refractivity contribution in [3.8, 4) is 0 Å². The zero-order chi connectivity index (χ0) is 44.6. The average molecular weight is 867 g/mol. The van der Waals surface area contributed by atoms with Crippen molar-refractivity contribution in [1.82, 2.24) is 0 Å². The van der Waals surface area contributed by atoms with Crippen molar-refractivity contribution in [1.29, 1.82) is 0 Å². The zero-order valence-corrected chi connectivity index (χ0v) is 38.7. The Balaban J connectivity index is 2.32. The summed E-state index contributed by atoms with van der Waals surface area (Å²) < 4.78 is 21.8. The molecule has 1 heterocycles. The lowest BCUT2D eigenvalue weighted by molar-refractivity contribution is -0.298. The number of aliphatic hydroxyl groups excluding tert-OH is 3. The van der Waals surface area contributed by atoms with Crippen LogP contribution in [0.3, 0.4) is 0 Å². The van der Waals surface area contributed by atoms with E-state index >= 15 is 0 Å². The van der Waals surface area contributed by atoms with Crippen LogP contribution in [0.2, 0.25) is 0 Å². The topological polar surface area (TPSA) is 169 Å². The summed E-state index contributed by atoms with van der Waals surface area (Å²) in [6, 6.07) is 0. The molecule has 1 aliphatic rings. The van der Waals surface area contributed by atoms with Crippen molar-refractivity contribution in [2.24, 2.45) is 0 Å². The number of hydrogen-bond acceptors (Lipinski definition) is 10. The van der Waals surface area contributed by atoms with Crippen LogP contribution >= 0.6 is 0 Å². The average Bonchev–Trinajstić information content (AvgIpc) is 3.24. The number of rotatable bonds is 42. The fourth-order valence-electron chi connectivity index (χ4n) is 7.62. The second-order valence-electron chi connectivity index (χ2n) is 17.3. The van der Waals surface area contributed by atoms with Gasteiger partial charge in [-0.25, -0.2) is 4.79 Å². The number of carbonyl (C=O) groups excluding carboxylic acids is 2. The Labute approximate surface area is 370 Å². The molecule has 0 amide bonds. The van der Waals surface area contributed by atoms with E-state index in [0.29, 0.717) is 12.8 Å². The summed E-state index contributed by atoms with van der Waals surface area (Å²) in [7, 11) is 0. The Kier molecular flexibility index (Phi) is 37.6. The molecule has 0 aromatic rings. The molecule has 1 fully saturated rings. The van der Waals surface area contributed by atoms with Gasteiger partial charge < -0.3 is 39.4 Å². The van der Waals surface area contributed by atoms with Crippen LogP contribution in [0.5, 0.6) is 0 Å². The minimum absolute atomic E-state index is 0.184. The zero-order valence-electron chi connectivity index (χ0n) is 38.7. The van der Waals surface area contributed by atoms with Gasteiger partial charge in [-0.1, -0.05) is 192 Å². The highest BCUT2D eigenvalue weighted by Gasteiger charge is 2.47. The molecule has 61 heavy (non-hydrogen) atoms. The SMILES string of the molecule is CCCCCC/C=C\C/C=C\CCCCCCCC(=O)OCC(COC1OC(C(=O)O)C(O)C(O)C1O)OC(=O)CCCCCCCCCCCCCCCCCCCCC. The summed E-state index contributed by atoms with van der Waals surface area (Å²) in [6.45, 7) is 3.81. The molecule has 1 aliphatic heterocycles. The quantitative estimate of drug-likeness (QED) is 0.0262. The van der Waals surface area contributed by atoms with Gasteiger partial charge in [0.25, 0.3) is 0 Å². The first kappa shape index (κ1) is 56.7. The lowest BCUT2D eigenvalue weighted by atomic mass is 9.99. The fourth-order valence-corrected chi connectivity index (χ4v) is 7.62. The maximum Gasteiger partial charge on any atom is 0.335 e. The maximum atomic E-state index is 12.8. The molecule has 0 spiro atoms. The van der Waals surface area contributed by atoms with Gasteiger partial charge in [-0.05, 0) is 44.9 Å². The van der Waals surface area contributed by atoms with Crippen molar-refractivity contribution >= 4 is 17.9 Å². The Hall–Kier alpha value is -2.31. The number of carboxylic acid groups (broad SMARTS) is 1. The van der Waals surface area contributed by atoms with Gasteiger partial charge in [0.2, 0.25) is 0 Å². The highest BCUT2D eigenvalue weighted by atomic mass is 16.7. The summed E-state index contributed by atoms with van der Waals surface area (Å²) in [6.07, 6.45) is 36.5. The number of aliphatic hydroxyl groups is 3. The largest absolute Gasteiger partial charge is 0.479 e. The molecule has 0 saturated carbocycles. The number of carboxylic acids is 1. The van der Waals surface area contributed by atoms with Crippen LogP contribution in [0.15, 0.2) is 24.3 Å². The number of carbonyl (C=O) groups is 3. The molecule has 11 heteroatoms. The normalized spacial score (nSPS) is 19.8. The predicted molar refractivity (Wildman–Crippen MR) is 243 cm³/mol. The van der Waals surface area contributed by atoms with E-state index in [4.69, 9.17) is 18.9 Å². The van der Waals surface area contributed by atoms with Gasteiger partial charge in [0.1, 0.15) is 24.9 Å². The molecule has 6 atom stereocenters. The second-order valence-corrected chi connectivity index (χ2v) is 17.3. The molecule has 1 rings (SSSR count). The standard InChI is InChI=1S/C50H90O11/c1-3-5-7-9-11-13-15-17-19-21-22-23-25-27-29-31-33-35-37-39-44(52)60-42(41-59-50-47(55)45(53)46(54)48(61-50)49(56)57)40-58-43(51)38-36-34-32-30-28-26-24-20-18-16-14-12-10-8-6-4-2/h14,16,20,24,42,45-48,50,53-55H,3-13,15,17-19,21-23,25-41H2,1-2H3,(H,56,57)/b16-14-,24-20-. The molecule has 1 saturated heterocycles. The van der Waals surface area contributed by atoms with Crippen LogP contribution in [0.1, 0.15) is 226 Å². The molecule has 0 aromatic carbocycles. The third-order valence-electron chi connectivity index (χ3n) is 11.6. The first-order valence-corrected chi connectivity index (χ1v) is 24.9. The molecular formula is C50H90O11. The van der Waals surface area contributed by atoms with Crippen molar-refractivity contribution in [3.05, 3.63) is 24.3 Å². The summed E-state index contributed by atoms with van der Waals surface area (Å²) in [4.78, 5) is 36.9. The number of hydrogen-bond donors (Lipinski definition) is 4. The Morgan fingerprint density at radius 1 is 0.508 bits per heavy atom. The highest BCUT2D eigenvalue weighted by molar-refractivity contribution is 5.73. The Bertz CT molecular complexity index is 1110. The van der Waals surface area contributed by atoms with Gasteiger partial charge in [0, 0.05) is 12.8 Å². The molecule has 6 unspecified atom stereocenters. The second kappa shape index (κ2) is 40.5. The number of aliphatic carboxylic acids is 1. The van der Waals surface area contributed by atoms with Crippen LogP contribution in [0.4, 0.5) is 0 Å². The predicted octanol–water partition coefficient (Wildman–Crippen LogP) is 11.4. The highest BCUT2D eigenvalue weighted by Crippen LogP contribution is 2.23. The first-order chi connectivity index (χ1) is 29.7. The van der Waals surface area contributed by atoms with Gasteiger partial charge in [-0.15, -0.1) is 0 Å². The van der Waals surface area contributed by atoms with E-state index in [1.54, 1.807) is 0 Å². The molecule has 0 bridgehead atoms. The molecular weight excluding hydrogens is 777 g/mol. The number of esters is 2. The Morgan fingerprint density at radius 3 is 1.38 bits per heavy atom. The molecule has 0 aromatic heterocycles. The van der Waals surface area contributed by atoms with Crippen LogP contribution in [-0.2, 0) is 33.3 Å². The van der Waals surface area contributed by atoms with Gasteiger partial charge in [0.15, 0.2) is 18.5 Å². The van der Waals surface area contributed by atoms with Crippen LogP contribution in [0.25, 0.3) is 0 Å². The minimum atomic E-state index is -1.86. The fraction of sp³-hybridized carbons (Fsp3) is 0.860. The summed E-state index contributed by atoms with van der Waals surface area (Å²) in [5.74, 6) is -2.45. The minimum Gasteiger partial charge on any atom is -0.479 e. The van der Waals surface area contributed by atoms with Gasteiger partial charge >= 0.3 is 17.9 Å². The number of unbranched alkanes of at least 4 members (excludes halogenated alkanes) is 27. The van der Waals surface area contributed by atoms with E-state index in [1.807, 2.05) is 0 Å². The van der Waals surface area contributed by atoms with E-state index in [-0.39, 0.29) is 19.4 Å². The van der Waals surface area contributed by atoms with E-state index in [9.17, 15) is 34.8 Å². The number of ether oxygens (including phenoxy) is 4.